The van der Waals surface area contributed by atoms with Crippen LogP contribution in [0.25, 0.3) is 0 Å². The molecule has 0 radical (unpaired) electrons. The van der Waals surface area contributed by atoms with Crippen molar-refractivity contribution in [1.82, 2.24) is 4.72 Å². The first kappa shape index (κ1) is 15.1. The molecule has 2 atom stereocenters. The van der Waals surface area contributed by atoms with Crippen LogP contribution in [-0.4, -0.2) is 28.1 Å². The lowest BCUT2D eigenvalue weighted by atomic mass is 10.0. The number of hydrogen-bond acceptors (Lipinski definition) is 4. The largest absolute Gasteiger partial charge is 0.397 e. The Kier molecular flexibility index (Phi) is 4.25. The molecular formula is C14H23N3O2S. The second-order valence-electron chi connectivity index (χ2n) is 5.58. The maximum absolute atomic E-state index is 12.1. The van der Waals surface area contributed by atoms with Gasteiger partial charge in [0.1, 0.15) is 0 Å². The van der Waals surface area contributed by atoms with Crippen LogP contribution in [0.15, 0.2) is 23.1 Å². The zero-order valence-electron chi connectivity index (χ0n) is 12.3. The second kappa shape index (κ2) is 5.61. The SMILES string of the molecule is CCNS(=O)(=O)c1ccc(N)c(N2CC(C)C(C)C2)c1. The van der Waals surface area contributed by atoms with Gasteiger partial charge in [-0.3, -0.25) is 0 Å². The third-order valence-corrected chi connectivity index (χ3v) is 5.52. The molecule has 20 heavy (non-hydrogen) atoms. The number of hydrogen-bond donors (Lipinski definition) is 2. The maximum atomic E-state index is 12.1. The van der Waals surface area contributed by atoms with Gasteiger partial charge in [0.05, 0.1) is 16.3 Å². The van der Waals surface area contributed by atoms with Gasteiger partial charge in [-0.05, 0) is 30.0 Å². The molecule has 1 heterocycles. The smallest absolute Gasteiger partial charge is 0.240 e. The van der Waals surface area contributed by atoms with Crippen LogP contribution in [-0.2, 0) is 10.0 Å². The van der Waals surface area contributed by atoms with E-state index in [1.54, 1.807) is 25.1 Å². The molecule has 0 bridgehead atoms. The minimum atomic E-state index is -3.44. The van der Waals surface area contributed by atoms with E-state index in [9.17, 15) is 8.42 Å². The topological polar surface area (TPSA) is 75.4 Å². The average molecular weight is 297 g/mol. The summed E-state index contributed by atoms with van der Waals surface area (Å²) in [4.78, 5) is 2.45. The average Bonchev–Trinajstić information content (AvgIpc) is 2.69. The van der Waals surface area contributed by atoms with Crippen LogP contribution >= 0.6 is 0 Å². The first-order chi connectivity index (χ1) is 9.35. The van der Waals surface area contributed by atoms with Gasteiger partial charge in [-0.1, -0.05) is 20.8 Å². The van der Waals surface area contributed by atoms with E-state index in [1.165, 1.54) is 0 Å². The van der Waals surface area contributed by atoms with Crippen molar-refractivity contribution in [3.05, 3.63) is 18.2 Å². The quantitative estimate of drug-likeness (QED) is 0.829. The molecule has 2 rings (SSSR count). The van der Waals surface area contributed by atoms with E-state index >= 15 is 0 Å². The summed E-state index contributed by atoms with van der Waals surface area (Å²) in [6.45, 7) is 8.38. The van der Waals surface area contributed by atoms with E-state index in [1.807, 2.05) is 0 Å². The number of benzene rings is 1. The summed E-state index contributed by atoms with van der Waals surface area (Å²) in [6.07, 6.45) is 0. The molecule has 1 aromatic carbocycles. The molecule has 1 aliphatic rings. The molecule has 0 aromatic heterocycles. The van der Waals surface area contributed by atoms with Crippen LogP contribution in [0.1, 0.15) is 20.8 Å². The molecule has 0 spiro atoms. The third kappa shape index (κ3) is 2.91. The van der Waals surface area contributed by atoms with Gasteiger partial charge in [0.25, 0.3) is 0 Å². The number of rotatable bonds is 4. The summed E-state index contributed by atoms with van der Waals surface area (Å²) >= 11 is 0. The van der Waals surface area contributed by atoms with E-state index in [2.05, 4.69) is 23.5 Å². The lowest BCUT2D eigenvalue weighted by Crippen LogP contribution is -2.25. The van der Waals surface area contributed by atoms with Crippen LogP contribution in [0.2, 0.25) is 0 Å². The van der Waals surface area contributed by atoms with Crippen LogP contribution in [0.5, 0.6) is 0 Å². The van der Waals surface area contributed by atoms with Crippen molar-refractivity contribution in [3.63, 3.8) is 0 Å². The molecule has 5 nitrogen and oxygen atoms in total. The van der Waals surface area contributed by atoms with Crippen LogP contribution < -0.4 is 15.4 Å². The van der Waals surface area contributed by atoms with Crippen LogP contribution in [0.3, 0.4) is 0 Å². The standard InChI is InChI=1S/C14H23N3O2S/c1-4-16-20(18,19)12-5-6-13(15)14(7-12)17-8-10(2)11(3)9-17/h5-7,10-11,16H,4,8-9,15H2,1-3H3. The second-order valence-corrected chi connectivity index (χ2v) is 7.35. The van der Waals surface area contributed by atoms with E-state index < -0.39 is 10.0 Å². The Morgan fingerprint density at radius 2 is 1.90 bits per heavy atom. The predicted octanol–water partition coefficient (Wildman–Crippen LogP) is 1.66. The zero-order valence-corrected chi connectivity index (χ0v) is 13.1. The molecule has 2 unspecified atom stereocenters. The van der Waals surface area contributed by atoms with Crippen LogP contribution in [0.4, 0.5) is 11.4 Å². The van der Waals surface area contributed by atoms with Gasteiger partial charge in [0, 0.05) is 19.6 Å². The van der Waals surface area contributed by atoms with E-state index in [0.717, 1.165) is 18.8 Å². The van der Waals surface area contributed by atoms with Gasteiger partial charge >= 0.3 is 0 Å². The molecule has 1 saturated heterocycles. The highest BCUT2D eigenvalue weighted by Gasteiger charge is 2.28. The molecule has 1 fully saturated rings. The van der Waals surface area contributed by atoms with Gasteiger partial charge in [-0.25, -0.2) is 13.1 Å². The van der Waals surface area contributed by atoms with Crippen molar-refractivity contribution in [1.29, 1.82) is 0 Å². The molecule has 1 aliphatic heterocycles. The summed E-state index contributed by atoms with van der Waals surface area (Å²) in [5, 5.41) is 0. The molecule has 6 heteroatoms. The fourth-order valence-electron chi connectivity index (χ4n) is 2.56. The lowest BCUT2D eigenvalue weighted by molar-refractivity contribution is 0.494. The summed E-state index contributed by atoms with van der Waals surface area (Å²) in [7, 11) is -3.44. The van der Waals surface area contributed by atoms with Gasteiger partial charge in [0.2, 0.25) is 10.0 Å². The predicted molar refractivity (Wildman–Crippen MR) is 82.3 cm³/mol. The zero-order chi connectivity index (χ0) is 14.9. The van der Waals surface area contributed by atoms with Crippen molar-refractivity contribution < 1.29 is 8.42 Å². The molecule has 1 aromatic rings. The molecule has 112 valence electrons. The van der Waals surface area contributed by atoms with Crippen molar-refractivity contribution in [3.8, 4) is 0 Å². The molecule has 0 amide bonds. The van der Waals surface area contributed by atoms with Gasteiger partial charge in [-0.2, -0.15) is 0 Å². The highest BCUT2D eigenvalue weighted by molar-refractivity contribution is 7.89. The summed E-state index contributed by atoms with van der Waals surface area (Å²) < 4.78 is 26.6. The number of nitrogens with one attached hydrogen (secondary N) is 1. The Morgan fingerprint density at radius 3 is 2.45 bits per heavy atom. The van der Waals surface area contributed by atoms with Crippen LogP contribution in [0, 0.1) is 11.8 Å². The first-order valence-electron chi connectivity index (χ1n) is 6.99. The first-order valence-corrected chi connectivity index (χ1v) is 8.47. The fraction of sp³-hybridized carbons (Fsp3) is 0.571. The lowest BCUT2D eigenvalue weighted by Gasteiger charge is -2.21. The van der Waals surface area contributed by atoms with E-state index in [4.69, 9.17) is 5.73 Å². The van der Waals surface area contributed by atoms with Crippen molar-refractivity contribution in [2.75, 3.05) is 30.3 Å². The minimum absolute atomic E-state index is 0.274. The maximum Gasteiger partial charge on any atom is 0.240 e. The normalized spacial score (nSPS) is 23.2. The number of anilines is 2. The van der Waals surface area contributed by atoms with Gasteiger partial charge < -0.3 is 10.6 Å². The molecule has 0 saturated carbocycles. The van der Waals surface area contributed by atoms with Gasteiger partial charge in [-0.15, -0.1) is 0 Å². The summed E-state index contributed by atoms with van der Waals surface area (Å²) in [5.74, 6) is 1.17. The van der Waals surface area contributed by atoms with Crippen molar-refractivity contribution >= 4 is 21.4 Å². The number of nitrogen functional groups attached to an aromatic ring is 1. The highest BCUT2D eigenvalue weighted by Crippen LogP contribution is 2.33. The summed E-state index contributed by atoms with van der Waals surface area (Å²) in [6, 6.07) is 4.91. The highest BCUT2D eigenvalue weighted by atomic mass is 32.2. The molecule has 3 N–H and O–H groups in total. The Balaban J connectivity index is 2.35. The number of nitrogens with zero attached hydrogens (tertiary/aromatic N) is 1. The van der Waals surface area contributed by atoms with Gasteiger partial charge in [0.15, 0.2) is 0 Å². The number of nitrogens with two attached hydrogens (primary N) is 1. The Hall–Kier alpha value is -1.27. The Bertz CT molecular complexity index is 576. The minimum Gasteiger partial charge on any atom is -0.397 e. The van der Waals surface area contributed by atoms with Crippen molar-refractivity contribution in [2.45, 2.75) is 25.7 Å². The van der Waals surface area contributed by atoms with Crippen molar-refractivity contribution in [2.24, 2.45) is 11.8 Å². The molecule has 0 aliphatic carbocycles. The fourth-order valence-corrected chi connectivity index (χ4v) is 3.62. The Morgan fingerprint density at radius 1 is 1.30 bits per heavy atom. The van der Waals surface area contributed by atoms with E-state index in [0.29, 0.717) is 24.1 Å². The monoisotopic (exact) mass is 297 g/mol. The van der Waals surface area contributed by atoms with E-state index in [-0.39, 0.29) is 4.90 Å². The number of sulfonamides is 1. The summed E-state index contributed by atoms with van der Waals surface area (Å²) in [5.41, 5.74) is 7.47. The Labute approximate surface area is 121 Å². The molecular weight excluding hydrogens is 274 g/mol. The third-order valence-electron chi connectivity index (χ3n) is 3.98.